The molecular formula is C32H44N5O3+. The second-order valence-corrected chi connectivity index (χ2v) is 10.8. The first-order valence-corrected chi connectivity index (χ1v) is 14.4. The number of amides is 1. The van der Waals surface area contributed by atoms with Crippen molar-refractivity contribution in [2.75, 3.05) is 32.6 Å². The van der Waals surface area contributed by atoms with Gasteiger partial charge in [-0.1, -0.05) is 6.07 Å². The average Bonchev–Trinajstić information content (AvgIpc) is 3.26. The van der Waals surface area contributed by atoms with Crippen LogP contribution in [0.2, 0.25) is 0 Å². The van der Waals surface area contributed by atoms with Gasteiger partial charge in [0.05, 0.1) is 0 Å². The van der Waals surface area contributed by atoms with Crippen LogP contribution in [0.25, 0.3) is 21.8 Å². The van der Waals surface area contributed by atoms with Gasteiger partial charge < -0.3 is 25.7 Å². The molecule has 0 radical (unpaired) electrons. The number of carbonyl (C=O) groups is 1. The summed E-state index contributed by atoms with van der Waals surface area (Å²) in [5.74, 6) is 0.265. The first kappa shape index (κ1) is 29.2. The Morgan fingerprint density at radius 3 is 2.27 bits per heavy atom. The molecule has 0 atom stereocenters. The van der Waals surface area contributed by atoms with Gasteiger partial charge in [0.2, 0.25) is 16.9 Å². The maximum absolute atomic E-state index is 12.3. The van der Waals surface area contributed by atoms with E-state index in [1.165, 1.54) is 49.8 Å². The first-order chi connectivity index (χ1) is 19.4. The van der Waals surface area contributed by atoms with E-state index in [0.717, 1.165) is 51.6 Å². The van der Waals surface area contributed by atoms with Crippen molar-refractivity contribution in [1.82, 2.24) is 15.2 Å². The molecule has 0 aliphatic rings. The molecule has 0 spiro atoms. The number of pyridine rings is 1. The Hall–Kier alpha value is -3.78. The third-order valence-electron chi connectivity index (χ3n) is 7.50. The highest BCUT2D eigenvalue weighted by atomic mass is 16.3. The van der Waals surface area contributed by atoms with Crippen LogP contribution in [0.5, 0.6) is 11.8 Å². The number of anilines is 1. The third-order valence-corrected chi connectivity index (χ3v) is 7.50. The zero-order valence-electron chi connectivity index (χ0n) is 24.1. The SMILES string of the molecule is CNCc1ccc2cc3ccc(N(C)C)cc3[n+](CCCCCC(=O)NCCCCCn3c(O)ccc3O)c2c1. The number of rotatable bonds is 15. The number of aromatic nitrogens is 2. The van der Waals surface area contributed by atoms with Gasteiger partial charge in [0, 0.05) is 87.3 Å². The normalized spacial score (nSPS) is 11.4. The molecule has 0 unspecified atom stereocenters. The lowest BCUT2D eigenvalue weighted by Crippen LogP contribution is -2.36. The lowest BCUT2D eigenvalue weighted by molar-refractivity contribution is -0.645. The Kier molecular flexibility index (Phi) is 10.2. The number of fused-ring (bicyclic) bond motifs is 2. The minimum atomic E-state index is 0.0784. The lowest BCUT2D eigenvalue weighted by Gasteiger charge is -2.14. The molecular weight excluding hydrogens is 502 g/mol. The number of aromatic hydroxyl groups is 2. The van der Waals surface area contributed by atoms with E-state index < -0.39 is 0 Å². The Balaban J connectivity index is 1.27. The van der Waals surface area contributed by atoms with Crippen LogP contribution in [0.3, 0.4) is 0 Å². The fourth-order valence-electron chi connectivity index (χ4n) is 5.26. The first-order valence-electron chi connectivity index (χ1n) is 14.4. The summed E-state index contributed by atoms with van der Waals surface area (Å²) in [6.45, 7) is 2.96. The van der Waals surface area contributed by atoms with Crippen molar-refractivity contribution in [3.63, 3.8) is 0 Å². The van der Waals surface area contributed by atoms with Gasteiger partial charge >= 0.3 is 0 Å². The van der Waals surface area contributed by atoms with Crippen molar-refractivity contribution in [3.8, 4) is 11.8 Å². The summed E-state index contributed by atoms with van der Waals surface area (Å²) in [6.07, 6.45) is 6.04. The highest BCUT2D eigenvalue weighted by molar-refractivity contribution is 5.90. The average molecular weight is 547 g/mol. The van der Waals surface area contributed by atoms with Crippen LogP contribution >= 0.6 is 0 Å². The molecule has 4 rings (SSSR count). The fourth-order valence-corrected chi connectivity index (χ4v) is 5.26. The maximum atomic E-state index is 12.3. The van der Waals surface area contributed by atoms with Crippen molar-refractivity contribution in [2.45, 2.75) is 64.6 Å². The second kappa shape index (κ2) is 14.0. The Morgan fingerprint density at radius 2 is 1.55 bits per heavy atom. The molecule has 4 N–H and O–H groups in total. The summed E-state index contributed by atoms with van der Waals surface area (Å²) < 4.78 is 3.94. The molecule has 4 aromatic rings. The smallest absolute Gasteiger partial charge is 0.219 e. The van der Waals surface area contributed by atoms with Gasteiger partial charge in [-0.05, 0) is 69.0 Å². The van der Waals surface area contributed by atoms with E-state index in [9.17, 15) is 15.0 Å². The zero-order chi connectivity index (χ0) is 28.5. The molecule has 8 heteroatoms. The van der Waals surface area contributed by atoms with Gasteiger partial charge in [-0.3, -0.25) is 9.36 Å². The summed E-state index contributed by atoms with van der Waals surface area (Å²) in [4.78, 5) is 14.5. The number of nitrogens with zero attached hydrogens (tertiary/aromatic N) is 3. The molecule has 2 aromatic heterocycles. The van der Waals surface area contributed by atoms with Crippen LogP contribution in [0.4, 0.5) is 5.69 Å². The van der Waals surface area contributed by atoms with Gasteiger partial charge in [-0.2, -0.15) is 4.57 Å². The molecule has 0 aliphatic carbocycles. The van der Waals surface area contributed by atoms with Crippen LogP contribution in [-0.4, -0.2) is 48.4 Å². The standard InChI is InChI=1S/C32H43N5O3/c1-33-23-24-11-12-25-21-26-13-14-27(35(2)3)22-29(26)36(28(25)20-24)18-8-4-6-10-30(38)34-17-7-5-9-19-37-31(39)15-16-32(37)40/h11-16,20-22,33H,4-10,17-19,23H2,1-3H3,(H2-,34,38,39,40)/p+1. The van der Waals surface area contributed by atoms with Gasteiger partial charge in [0.25, 0.3) is 0 Å². The summed E-state index contributed by atoms with van der Waals surface area (Å²) in [5, 5.41) is 28.1. The predicted octanol–water partition coefficient (Wildman–Crippen LogP) is 4.83. The van der Waals surface area contributed by atoms with Crippen molar-refractivity contribution in [2.24, 2.45) is 0 Å². The number of aryl methyl sites for hydroxylation is 1. The monoisotopic (exact) mass is 546 g/mol. The van der Waals surface area contributed by atoms with Crippen LogP contribution in [0.15, 0.2) is 54.6 Å². The Labute approximate surface area is 237 Å². The van der Waals surface area contributed by atoms with Crippen LogP contribution < -0.4 is 20.1 Å². The maximum Gasteiger partial charge on any atom is 0.219 e. The molecule has 0 fully saturated rings. The van der Waals surface area contributed by atoms with E-state index in [0.29, 0.717) is 19.5 Å². The summed E-state index contributed by atoms with van der Waals surface area (Å²) in [5.41, 5.74) is 4.94. The van der Waals surface area contributed by atoms with Crippen molar-refractivity contribution >= 4 is 33.4 Å². The highest BCUT2D eigenvalue weighted by Crippen LogP contribution is 2.24. The van der Waals surface area contributed by atoms with Gasteiger partial charge in [0.1, 0.15) is 6.54 Å². The van der Waals surface area contributed by atoms with E-state index >= 15 is 0 Å². The van der Waals surface area contributed by atoms with Crippen LogP contribution in [-0.2, 0) is 24.4 Å². The summed E-state index contributed by atoms with van der Waals surface area (Å²) in [7, 11) is 6.12. The van der Waals surface area contributed by atoms with E-state index in [2.05, 4.69) is 76.7 Å². The number of hydrogen-bond acceptors (Lipinski definition) is 5. The van der Waals surface area contributed by atoms with Crippen molar-refractivity contribution < 1.29 is 19.6 Å². The second-order valence-electron chi connectivity index (χ2n) is 10.8. The minimum Gasteiger partial charge on any atom is -0.494 e. The largest absolute Gasteiger partial charge is 0.494 e. The van der Waals surface area contributed by atoms with E-state index in [1.807, 2.05) is 7.05 Å². The molecule has 2 aromatic carbocycles. The molecule has 0 saturated carbocycles. The zero-order valence-corrected chi connectivity index (χ0v) is 24.1. The van der Waals surface area contributed by atoms with Crippen LogP contribution in [0.1, 0.15) is 50.5 Å². The predicted molar refractivity (Wildman–Crippen MR) is 162 cm³/mol. The van der Waals surface area contributed by atoms with Crippen molar-refractivity contribution in [1.29, 1.82) is 0 Å². The van der Waals surface area contributed by atoms with E-state index in [-0.39, 0.29) is 17.7 Å². The molecule has 8 nitrogen and oxygen atoms in total. The fraction of sp³-hybridized carbons (Fsp3) is 0.438. The number of carbonyl (C=O) groups excluding carboxylic acids is 1. The lowest BCUT2D eigenvalue weighted by atomic mass is 10.1. The number of unbranched alkanes of at least 4 members (excludes halogenated alkanes) is 4. The van der Waals surface area contributed by atoms with E-state index in [1.54, 1.807) is 0 Å². The molecule has 214 valence electrons. The topological polar surface area (TPSA) is 93.6 Å². The summed E-state index contributed by atoms with van der Waals surface area (Å²) in [6, 6.07) is 18.6. The molecule has 2 heterocycles. The summed E-state index contributed by atoms with van der Waals surface area (Å²) >= 11 is 0. The third kappa shape index (κ3) is 7.45. The highest BCUT2D eigenvalue weighted by Gasteiger charge is 2.17. The molecule has 40 heavy (non-hydrogen) atoms. The van der Waals surface area contributed by atoms with Crippen LogP contribution in [0, 0.1) is 0 Å². The molecule has 0 aliphatic heterocycles. The minimum absolute atomic E-state index is 0.0784. The van der Waals surface area contributed by atoms with Gasteiger partial charge in [0.15, 0.2) is 11.8 Å². The van der Waals surface area contributed by atoms with Gasteiger partial charge in [-0.25, -0.2) is 0 Å². The molecule has 0 saturated heterocycles. The Bertz CT molecular complexity index is 1410. The van der Waals surface area contributed by atoms with Crippen molar-refractivity contribution in [3.05, 3.63) is 60.2 Å². The molecule has 0 bridgehead atoms. The molecule has 1 amide bonds. The number of benzene rings is 2. The Morgan fingerprint density at radius 1 is 0.850 bits per heavy atom. The van der Waals surface area contributed by atoms with E-state index in [4.69, 9.17) is 0 Å². The number of nitrogens with one attached hydrogen (secondary N) is 2. The van der Waals surface area contributed by atoms with Gasteiger partial charge in [-0.15, -0.1) is 0 Å². The quantitative estimate of drug-likeness (QED) is 0.0974. The number of hydrogen-bond donors (Lipinski definition) is 4.